The zero-order valence-corrected chi connectivity index (χ0v) is 16.3. The third kappa shape index (κ3) is 3.79. The number of rotatable bonds is 4. The summed E-state index contributed by atoms with van der Waals surface area (Å²) in [5.74, 6) is 1.63. The lowest BCUT2D eigenvalue weighted by atomic mass is 10.0. The first-order valence-corrected chi connectivity index (χ1v) is 8.97. The van der Waals surface area contributed by atoms with E-state index >= 15 is 0 Å². The number of carbonyl (C=O) groups excluding carboxylic acids is 1. The van der Waals surface area contributed by atoms with E-state index in [0.717, 1.165) is 30.0 Å². The number of nitrogens with zero attached hydrogens (tertiary/aromatic N) is 4. The molecule has 6 heteroatoms. The highest BCUT2D eigenvalue weighted by molar-refractivity contribution is 5.73. The molecule has 1 aromatic carbocycles. The monoisotopic (exact) mass is 353 g/mol. The van der Waals surface area contributed by atoms with Crippen LogP contribution in [0.2, 0.25) is 0 Å². The largest absolute Gasteiger partial charge is 0.366 e. The van der Waals surface area contributed by atoms with E-state index in [1.165, 1.54) is 16.7 Å². The summed E-state index contributed by atoms with van der Waals surface area (Å²) in [6.45, 7) is 7.83. The second-order valence-electron chi connectivity index (χ2n) is 7.17. The van der Waals surface area contributed by atoms with E-state index in [0.29, 0.717) is 19.0 Å². The van der Waals surface area contributed by atoms with Gasteiger partial charge in [-0.15, -0.1) is 0 Å². The van der Waals surface area contributed by atoms with Crippen LogP contribution in [-0.4, -0.2) is 41.4 Å². The fraction of sp³-hybridized carbons (Fsp3) is 0.450. The van der Waals surface area contributed by atoms with Gasteiger partial charge in [-0.05, 0) is 31.4 Å². The second-order valence-corrected chi connectivity index (χ2v) is 7.17. The van der Waals surface area contributed by atoms with Crippen LogP contribution in [0.5, 0.6) is 0 Å². The van der Waals surface area contributed by atoms with Gasteiger partial charge in [0.25, 0.3) is 0 Å². The van der Waals surface area contributed by atoms with Crippen LogP contribution in [0, 0.1) is 13.8 Å². The van der Waals surface area contributed by atoms with Gasteiger partial charge in [0, 0.05) is 39.7 Å². The van der Waals surface area contributed by atoms with Gasteiger partial charge in [-0.3, -0.25) is 4.79 Å². The number of benzene rings is 1. The molecule has 2 heterocycles. The molecule has 1 N–H and O–H groups in total. The van der Waals surface area contributed by atoms with Crippen molar-refractivity contribution in [2.24, 2.45) is 0 Å². The maximum Gasteiger partial charge on any atom is 0.227 e. The van der Waals surface area contributed by atoms with Gasteiger partial charge in [0.1, 0.15) is 5.82 Å². The highest BCUT2D eigenvalue weighted by Crippen LogP contribution is 2.26. The minimum Gasteiger partial charge on any atom is -0.366 e. The number of anilines is 2. The lowest BCUT2D eigenvalue weighted by molar-refractivity contribution is -0.129. The smallest absolute Gasteiger partial charge is 0.227 e. The molecule has 0 atom stereocenters. The number of hydrogen-bond acceptors (Lipinski definition) is 5. The van der Waals surface area contributed by atoms with Crippen molar-refractivity contribution in [1.29, 1.82) is 0 Å². The quantitative estimate of drug-likeness (QED) is 0.916. The molecule has 0 spiro atoms. The van der Waals surface area contributed by atoms with E-state index in [2.05, 4.69) is 42.3 Å². The molecule has 6 nitrogen and oxygen atoms in total. The third-order valence-electron chi connectivity index (χ3n) is 4.85. The van der Waals surface area contributed by atoms with Gasteiger partial charge >= 0.3 is 0 Å². The zero-order valence-electron chi connectivity index (χ0n) is 16.3. The number of hydrogen-bond donors (Lipinski definition) is 1. The van der Waals surface area contributed by atoms with Gasteiger partial charge in [-0.25, -0.2) is 4.98 Å². The SMILES string of the molecule is CC(=O)N1CCc2c(nc(N(C)C)nc2NCc2cc(C)ccc2C)C1. The minimum absolute atomic E-state index is 0.0885. The van der Waals surface area contributed by atoms with E-state index in [1.807, 2.05) is 23.9 Å². The van der Waals surface area contributed by atoms with Crippen LogP contribution < -0.4 is 10.2 Å². The molecule has 0 saturated heterocycles. The summed E-state index contributed by atoms with van der Waals surface area (Å²) in [6, 6.07) is 6.49. The van der Waals surface area contributed by atoms with Crippen molar-refractivity contribution < 1.29 is 4.79 Å². The fourth-order valence-corrected chi connectivity index (χ4v) is 3.20. The Morgan fingerprint density at radius 1 is 1.27 bits per heavy atom. The Morgan fingerprint density at radius 2 is 2.04 bits per heavy atom. The molecule has 0 bridgehead atoms. The van der Waals surface area contributed by atoms with Crippen LogP contribution >= 0.6 is 0 Å². The molecule has 2 aromatic rings. The molecule has 0 unspecified atom stereocenters. The third-order valence-corrected chi connectivity index (χ3v) is 4.85. The van der Waals surface area contributed by atoms with Crippen LogP contribution in [0.15, 0.2) is 18.2 Å². The molecule has 26 heavy (non-hydrogen) atoms. The van der Waals surface area contributed by atoms with Crippen LogP contribution in [0.25, 0.3) is 0 Å². The maximum absolute atomic E-state index is 11.7. The molecule has 0 saturated carbocycles. The maximum atomic E-state index is 11.7. The van der Waals surface area contributed by atoms with Crippen molar-refractivity contribution in [3.63, 3.8) is 0 Å². The topological polar surface area (TPSA) is 61.4 Å². The molecule has 0 aliphatic carbocycles. The normalized spacial score (nSPS) is 13.3. The van der Waals surface area contributed by atoms with Crippen LogP contribution in [0.3, 0.4) is 0 Å². The Bertz CT molecular complexity index is 831. The molecule has 1 aromatic heterocycles. The van der Waals surface area contributed by atoms with Crippen molar-refractivity contribution in [2.45, 2.75) is 40.3 Å². The summed E-state index contributed by atoms with van der Waals surface area (Å²) in [5, 5.41) is 3.52. The molecule has 0 radical (unpaired) electrons. The van der Waals surface area contributed by atoms with E-state index in [1.54, 1.807) is 6.92 Å². The number of fused-ring (bicyclic) bond motifs is 1. The Labute approximate surface area is 155 Å². The average molecular weight is 353 g/mol. The second kappa shape index (κ2) is 7.32. The number of amides is 1. The summed E-state index contributed by atoms with van der Waals surface area (Å²) in [6.07, 6.45) is 0.776. The summed E-state index contributed by atoms with van der Waals surface area (Å²) in [7, 11) is 3.86. The van der Waals surface area contributed by atoms with E-state index in [4.69, 9.17) is 4.98 Å². The highest BCUT2D eigenvalue weighted by Gasteiger charge is 2.24. The first-order chi connectivity index (χ1) is 12.3. The van der Waals surface area contributed by atoms with Gasteiger partial charge in [0.05, 0.1) is 12.2 Å². The molecule has 1 aliphatic heterocycles. The van der Waals surface area contributed by atoms with Crippen molar-refractivity contribution in [3.8, 4) is 0 Å². The first-order valence-electron chi connectivity index (χ1n) is 8.97. The van der Waals surface area contributed by atoms with Crippen LogP contribution in [0.1, 0.15) is 34.9 Å². The standard InChI is InChI=1S/C20H27N5O/c1-13-6-7-14(2)16(10-13)11-21-19-17-8-9-25(15(3)26)12-18(17)22-20(23-19)24(4)5/h6-7,10H,8-9,11-12H2,1-5H3,(H,21,22,23). The predicted molar refractivity (Wildman–Crippen MR) is 104 cm³/mol. The molecule has 3 rings (SSSR count). The van der Waals surface area contributed by atoms with Gasteiger partial charge in [-0.2, -0.15) is 4.98 Å². The fourth-order valence-electron chi connectivity index (χ4n) is 3.20. The van der Waals surface area contributed by atoms with E-state index in [-0.39, 0.29) is 5.91 Å². The van der Waals surface area contributed by atoms with Gasteiger partial charge < -0.3 is 15.1 Å². The van der Waals surface area contributed by atoms with Crippen molar-refractivity contribution in [3.05, 3.63) is 46.1 Å². The predicted octanol–water partition coefficient (Wildman–Crippen LogP) is 2.68. The Balaban J connectivity index is 1.91. The molecule has 1 amide bonds. The van der Waals surface area contributed by atoms with Crippen LogP contribution in [0.4, 0.5) is 11.8 Å². The van der Waals surface area contributed by atoms with Crippen molar-refractivity contribution in [1.82, 2.24) is 14.9 Å². The number of aryl methyl sites for hydroxylation is 2. The number of nitrogens with one attached hydrogen (secondary N) is 1. The molecule has 0 fully saturated rings. The molecular formula is C20H27N5O. The summed E-state index contributed by atoms with van der Waals surface area (Å²) in [5.41, 5.74) is 5.85. The lowest BCUT2D eigenvalue weighted by Crippen LogP contribution is -2.35. The minimum atomic E-state index is 0.0885. The summed E-state index contributed by atoms with van der Waals surface area (Å²) in [4.78, 5) is 24.9. The lowest BCUT2D eigenvalue weighted by Gasteiger charge is -2.29. The molecular weight excluding hydrogens is 326 g/mol. The van der Waals surface area contributed by atoms with E-state index < -0.39 is 0 Å². The Kier molecular flexibility index (Phi) is 5.11. The van der Waals surface area contributed by atoms with E-state index in [9.17, 15) is 4.79 Å². The Hall–Kier alpha value is -2.63. The number of carbonyl (C=O) groups is 1. The zero-order chi connectivity index (χ0) is 18.8. The van der Waals surface area contributed by atoms with Gasteiger partial charge in [0.2, 0.25) is 11.9 Å². The first kappa shape index (κ1) is 18.2. The Morgan fingerprint density at radius 3 is 2.73 bits per heavy atom. The summed E-state index contributed by atoms with van der Waals surface area (Å²) >= 11 is 0. The highest BCUT2D eigenvalue weighted by atomic mass is 16.2. The molecule has 1 aliphatic rings. The van der Waals surface area contributed by atoms with Gasteiger partial charge in [-0.1, -0.05) is 23.8 Å². The van der Waals surface area contributed by atoms with Crippen molar-refractivity contribution in [2.75, 3.05) is 30.9 Å². The summed E-state index contributed by atoms with van der Waals surface area (Å²) < 4.78 is 0. The number of aromatic nitrogens is 2. The molecule has 138 valence electrons. The van der Waals surface area contributed by atoms with Gasteiger partial charge in [0.15, 0.2) is 0 Å². The van der Waals surface area contributed by atoms with Crippen molar-refractivity contribution >= 4 is 17.7 Å². The van der Waals surface area contributed by atoms with Crippen LogP contribution in [-0.2, 0) is 24.3 Å². The average Bonchev–Trinajstić information content (AvgIpc) is 2.61.